The first kappa shape index (κ1) is 14.6. The van der Waals surface area contributed by atoms with E-state index >= 15 is 0 Å². The van der Waals surface area contributed by atoms with Gasteiger partial charge < -0.3 is 14.2 Å². The lowest BCUT2D eigenvalue weighted by molar-refractivity contribution is 0.0887. The molecule has 2 rings (SSSR count). The fraction of sp³-hybridized carbons (Fsp3) is 0.455. The summed E-state index contributed by atoms with van der Waals surface area (Å²) in [6.45, 7) is 2.65. The van der Waals surface area contributed by atoms with Gasteiger partial charge in [0, 0.05) is 31.3 Å². The maximum atomic E-state index is 11.7. The van der Waals surface area contributed by atoms with Crippen molar-refractivity contribution in [2.45, 2.75) is 26.0 Å². The molecule has 2 N–H and O–H groups in total. The first-order valence-electron chi connectivity index (χ1n) is 5.93. The zero-order valence-electron chi connectivity index (χ0n) is 11.0. The summed E-state index contributed by atoms with van der Waals surface area (Å²) in [6, 6.07) is 0. The fourth-order valence-corrected chi connectivity index (χ4v) is 2.11. The van der Waals surface area contributed by atoms with Gasteiger partial charge in [0.25, 0.3) is 5.56 Å². The molecule has 1 saturated heterocycles. The summed E-state index contributed by atoms with van der Waals surface area (Å²) in [7, 11) is -3.61. The second-order valence-corrected chi connectivity index (χ2v) is 6.40. The van der Waals surface area contributed by atoms with E-state index < -0.39 is 25.1 Å². The molecule has 8 nitrogen and oxygen atoms in total. The summed E-state index contributed by atoms with van der Waals surface area (Å²) in [6.07, 6.45) is 2.91. The van der Waals surface area contributed by atoms with Gasteiger partial charge >= 0.3 is 13.3 Å². The van der Waals surface area contributed by atoms with Gasteiger partial charge in [-0.15, -0.1) is 0 Å². The highest BCUT2D eigenvalue weighted by Gasteiger charge is 2.24. The Morgan fingerprint density at radius 3 is 2.95 bits per heavy atom. The van der Waals surface area contributed by atoms with Crippen molar-refractivity contribution in [1.29, 1.82) is 0 Å². The number of aromatic amines is 1. The van der Waals surface area contributed by atoms with Crippen LogP contribution >= 0.6 is 7.60 Å². The predicted octanol–water partition coefficient (Wildman–Crippen LogP) is 0.827. The third-order valence-electron chi connectivity index (χ3n) is 2.76. The third-order valence-corrected chi connectivity index (χ3v) is 3.26. The van der Waals surface area contributed by atoms with Crippen LogP contribution < -0.4 is 11.2 Å². The number of nitrogens with one attached hydrogen (secondary N) is 1. The van der Waals surface area contributed by atoms with E-state index in [1.165, 1.54) is 10.8 Å². The molecule has 0 radical (unpaired) electrons. The third kappa shape index (κ3) is 3.40. The zero-order chi connectivity index (χ0) is 14.9. The molecule has 0 spiro atoms. The Morgan fingerprint density at radius 1 is 1.60 bits per heavy atom. The number of hydrogen-bond donors (Lipinski definition) is 2. The molecule has 0 amide bonds. The number of rotatable bonds is 3. The Bertz CT molecular complexity index is 698. The van der Waals surface area contributed by atoms with E-state index in [1.807, 2.05) is 0 Å². The Labute approximate surface area is 114 Å². The number of hydrogen-bond acceptors (Lipinski definition) is 5. The second kappa shape index (κ2) is 5.30. The number of H-pyrrole nitrogens is 1. The molecular formula is C11H15N2O6P. The SMILES string of the molecule is Cc1cn([C@H]2CC/C(=C/OP(C)(=O)O)O2)c(=O)[nH]c1=O. The molecule has 2 heterocycles. The van der Waals surface area contributed by atoms with Crippen LogP contribution in [0.1, 0.15) is 24.6 Å². The number of aromatic nitrogens is 2. The smallest absolute Gasteiger partial charge is 0.373 e. The Kier molecular flexibility index (Phi) is 3.87. The van der Waals surface area contributed by atoms with Gasteiger partial charge in [-0.3, -0.25) is 14.3 Å². The van der Waals surface area contributed by atoms with Crippen molar-refractivity contribution in [2.24, 2.45) is 0 Å². The van der Waals surface area contributed by atoms with Crippen LogP contribution in [0.15, 0.2) is 27.8 Å². The lowest BCUT2D eigenvalue weighted by atomic mass is 10.3. The molecule has 2 atom stereocenters. The highest BCUT2D eigenvalue weighted by molar-refractivity contribution is 7.52. The minimum atomic E-state index is -3.61. The lowest BCUT2D eigenvalue weighted by Gasteiger charge is -2.14. The standard InChI is InChI=1S/C11H15N2O6P/c1-7-5-13(11(15)12-10(7)14)9-4-3-8(19-9)6-18-20(2,16)17/h5-6,9H,3-4H2,1-2H3,(H,16,17)(H,12,14,15)/b8-6-/t9-/m1/s1. The zero-order valence-corrected chi connectivity index (χ0v) is 11.9. The van der Waals surface area contributed by atoms with Crippen molar-refractivity contribution in [3.8, 4) is 0 Å². The van der Waals surface area contributed by atoms with Crippen LogP contribution in [0, 0.1) is 6.92 Å². The van der Waals surface area contributed by atoms with Crippen molar-refractivity contribution in [3.05, 3.63) is 44.6 Å². The Balaban J connectivity index is 2.18. The predicted molar refractivity (Wildman–Crippen MR) is 70.3 cm³/mol. The Hall–Kier alpha value is -1.79. The Morgan fingerprint density at radius 2 is 2.30 bits per heavy atom. The summed E-state index contributed by atoms with van der Waals surface area (Å²) >= 11 is 0. The van der Waals surface area contributed by atoms with Crippen LogP contribution in [-0.4, -0.2) is 21.1 Å². The van der Waals surface area contributed by atoms with Crippen LogP contribution in [0.3, 0.4) is 0 Å². The lowest BCUT2D eigenvalue weighted by Crippen LogP contribution is -2.33. The highest BCUT2D eigenvalue weighted by atomic mass is 31.2. The van der Waals surface area contributed by atoms with Crippen molar-refractivity contribution in [1.82, 2.24) is 9.55 Å². The van der Waals surface area contributed by atoms with Gasteiger partial charge in [-0.1, -0.05) is 0 Å². The topological polar surface area (TPSA) is 111 Å². The molecule has 110 valence electrons. The summed E-state index contributed by atoms with van der Waals surface area (Å²) in [5.74, 6) is 0.377. The quantitative estimate of drug-likeness (QED) is 0.632. The van der Waals surface area contributed by atoms with Crippen LogP contribution in [-0.2, 0) is 13.8 Å². The van der Waals surface area contributed by atoms with Gasteiger partial charge in [0.2, 0.25) is 0 Å². The van der Waals surface area contributed by atoms with Crippen LogP contribution in [0.5, 0.6) is 0 Å². The van der Waals surface area contributed by atoms with Crippen molar-refractivity contribution in [3.63, 3.8) is 0 Å². The minimum Gasteiger partial charge on any atom is -0.471 e. The van der Waals surface area contributed by atoms with E-state index in [9.17, 15) is 14.2 Å². The molecule has 1 fully saturated rings. The largest absolute Gasteiger partial charge is 0.471 e. The molecule has 20 heavy (non-hydrogen) atoms. The summed E-state index contributed by atoms with van der Waals surface area (Å²) in [5, 5.41) is 0. The maximum Gasteiger partial charge on any atom is 0.373 e. The van der Waals surface area contributed by atoms with Gasteiger partial charge in [-0.25, -0.2) is 9.36 Å². The summed E-state index contributed by atoms with van der Waals surface area (Å²) in [5.41, 5.74) is -0.595. The van der Waals surface area contributed by atoms with Crippen LogP contribution in [0.25, 0.3) is 0 Å². The van der Waals surface area contributed by atoms with E-state index in [0.29, 0.717) is 24.2 Å². The van der Waals surface area contributed by atoms with Crippen LogP contribution in [0.2, 0.25) is 0 Å². The average molecular weight is 302 g/mol. The number of aryl methyl sites for hydroxylation is 1. The molecule has 1 unspecified atom stereocenters. The molecule has 0 aliphatic carbocycles. The van der Waals surface area contributed by atoms with Gasteiger partial charge in [-0.2, -0.15) is 0 Å². The molecule has 1 aromatic rings. The number of nitrogens with zero attached hydrogens (tertiary/aromatic N) is 1. The first-order chi connectivity index (χ1) is 9.26. The van der Waals surface area contributed by atoms with E-state index in [0.717, 1.165) is 12.9 Å². The fourth-order valence-electron chi connectivity index (χ4n) is 1.80. The van der Waals surface area contributed by atoms with Gasteiger partial charge in [0.1, 0.15) is 12.0 Å². The highest BCUT2D eigenvalue weighted by Crippen LogP contribution is 2.39. The maximum absolute atomic E-state index is 11.7. The molecular weight excluding hydrogens is 287 g/mol. The normalized spacial score (nSPS) is 23.4. The molecule has 1 aromatic heterocycles. The van der Waals surface area contributed by atoms with Crippen molar-refractivity contribution >= 4 is 7.60 Å². The molecule has 1 aliphatic rings. The van der Waals surface area contributed by atoms with E-state index in [4.69, 9.17) is 9.63 Å². The van der Waals surface area contributed by atoms with Gasteiger partial charge in [0.15, 0.2) is 6.23 Å². The van der Waals surface area contributed by atoms with Crippen molar-refractivity contribution < 1.29 is 18.7 Å². The average Bonchev–Trinajstić information content (AvgIpc) is 2.79. The molecule has 0 aromatic carbocycles. The summed E-state index contributed by atoms with van der Waals surface area (Å²) in [4.78, 5) is 34.2. The van der Waals surface area contributed by atoms with Crippen LogP contribution in [0.4, 0.5) is 0 Å². The van der Waals surface area contributed by atoms with Gasteiger partial charge in [0.05, 0.1) is 0 Å². The number of ether oxygens (including phenoxy) is 1. The molecule has 1 aliphatic heterocycles. The first-order valence-corrected chi connectivity index (χ1v) is 7.95. The minimum absolute atomic E-state index is 0.377. The summed E-state index contributed by atoms with van der Waals surface area (Å²) < 4.78 is 22.4. The number of allylic oxidation sites excluding steroid dienone is 1. The molecule has 9 heteroatoms. The molecule has 0 saturated carbocycles. The monoisotopic (exact) mass is 302 g/mol. The van der Waals surface area contributed by atoms with Crippen molar-refractivity contribution in [2.75, 3.05) is 6.66 Å². The van der Waals surface area contributed by atoms with Gasteiger partial charge in [-0.05, 0) is 6.92 Å². The molecule has 0 bridgehead atoms. The van der Waals surface area contributed by atoms with E-state index in [2.05, 4.69) is 9.51 Å². The second-order valence-electron chi connectivity index (χ2n) is 4.58. The van der Waals surface area contributed by atoms with E-state index in [1.54, 1.807) is 6.92 Å². The van der Waals surface area contributed by atoms with E-state index in [-0.39, 0.29) is 0 Å².